The van der Waals surface area contributed by atoms with Crippen LogP contribution in [0.2, 0.25) is 0 Å². The highest BCUT2D eigenvalue weighted by Gasteiger charge is 2.33. The first-order valence-electron chi connectivity index (χ1n) is 12.0. The van der Waals surface area contributed by atoms with Gasteiger partial charge in [0.1, 0.15) is 18.4 Å². The van der Waals surface area contributed by atoms with Crippen LogP contribution in [0.1, 0.15) is 30.0 Å². The molecular weight excluding hydrogens is 493 g/mol. The Labute approximate surface area is 218 Å². The Morgan fingerprint density at radius 2 is 1.59 bits per heavy atom. The van der Waals surface area contributed by atoms with Crippen molar-refractivity contribution in [2.45, 2.75) is 44.7 Å². The molecule has 3 rings (SSSR count). The summed E-state index contributed by atoms with van der Waals surface area (Å²) in [5.74, 6) is -1.35. The second kappa shape index (κ2) is 12.0. The van der Waals surface area contributed by atoms with Gasteiger partial charge in [0.2, 0.25) is 11.8 Å². The van der Waals surface area contributed by atoms with E-state index in [1.807, 2.05) is 13.8 Å². The second-order valence-corrected chi connectivity index (χ2v) is 10.6. The monoisotopic (exact) mass is 525 g/mol. The van der Waals surface area contributed by atoms with E-state index in [0.717, 1.165) is 15.4 Å². The Hall–Kier alpha value is -3.72. The molecule has 1 atom stereocenters. The first-order chi connectivity index (χ1) is 17.6. The lowest BCUT2D eigenvalue weighted by Gasteiger charge is -2.33. The summed E-state index contributed by atoms with van der Waals surface area (Å²) >= 11 is 0. The average molecular weight is 526 g/mol. The number of sulfonamides is 1. The molecule has 0 saturated carbocycles. The van der Waals surface area contributed by atoms with Gasteiger partial charge in [0.05, 0.1) is 10.6 Å². The van der Waals surface area contributed by atoms with Gasteiger partial charge in [-0.05, 0) is 73.4 Å². The van der Waals surface area contributed by atoms with Crippen molar-refractivity contribution in [3.05, 3.63) is 95.3 Å². The number of rotatable bonds is 10. The Balaban J connectivity index is 2.06. The first kappa shape index (κ1) is 27.9. The summed E-state index contributed by atoms with van der Waals surface area (Å²) in [4.78, 5) is 27.9. The quantitative estimate of drug-likeness (QED) is 0.430. The number of hydrogen-bond donors (Lipinski definition) is 1. The van der Waals surface area contributed by atoms with Gasteiger partial charge in [-0.15, -0.1) is 0 Å². The maximum absolute atomic E-state index is 13.8. The van der Waals surface area contributed by atoms with Crippen molar-refractivity contribution in [1.29, 1.82) is 0 Å². The molecule has 0 aliphatic heterocycles. The Morgan fingerprint density at radius 1 is 0.946 bits per heavy atom. The van der Waals surface area contributed by atoms with Gasteiger partial charge >= 0.3 is 0 Å². The van der Waals surface area contributed by atoms with Gasteiger partial charge in [-0.3, -0.25) is 13.9 Å². The zero-order valence-electron chi connectivity index (χ0n) is 21.4. The van der Waals surface area contributed by atoms with Gasteiger partial charge in [0, 0.05) is 13.6 Å². The van der Waals surface area contributed by atoms with E-state index in [1.54, 1.807) is 43.3 Å². The second-order valence-electron chi connectivity index (χ2n) is 8.78. The standard InChI is InChI=1S/C28H32FN3O4S/c1-5-26(28(34)30-4)31(18-22-12-14-23(29)15-13-22)27(33)19-32(24-16-11-20(2)21(3)17-24)37(35,36)25-9-7-6-8-10-25/h6-17,26H,5,18-19H2,1-4H3,(H,30,34). The molecule has 37 heavy (non-hydrogen) atoms. The normalized spacial score (nSPS) is 12.0. The highest BCUT2D eigenvalue weighted by molar-refractivity contribution is 7.92. The van der Waals surface area contributed by atoms with E-state index in [-0.39, 0.29) is 17.3 Å². The molecule has 0 aliphatic rings. The van der Waals surface area contributed by atoms with Gasteiger partial charge in [-0.2, -0.15) is 0 Å². The number of amides is 2. The van der Waals surface area contributed by atoms with E-state index in [2.05, 4.69) is 5.32 Å². The summed E-state index contributed by atoms with van der Waals surface area (Å²) < 4.78 is 42.1. The van der Waals surface area contributed by atoms with Crippen molar-refractivity contribution >= 4 is 27.5 Å². The summed E-state index contributed by atoms with van der Waals surface area (Å²) in [6.45, 7) is 5.05. The van der Waals surface area contributed by atoms with Crippen molar-refractivity contribution in [3.63, 3.8) is 0 Å². The maximum atomic E-state index is 13.8. The summed E-state index contributed by atoms with van der Waals surface area (Å²) in [5, 5.41) is 2.58. The SMILES string of the molecule is CCC(C(=O)NC)N(Cc1ccc(F)cc1)C(=O)CN(c1ccc(C)c(C)c1)S(=O)(=O)c1ccccc1. The Bertz CT molecular complexity index is 1350. The number of carbonyl (C=O) groups is 2. The lowest BCUT2D eigenvalue weighted by atomic mass is 10.1. The van der Waals surface area contributed by atoms with Crippen LogP contribution in [-0.2, 0) is 26.2 Å². The molecule has 0 bridgehead atoms. The molecule has 3 aromatic rings. The molecule has 0 radical (unpaired) electrons. The lowest BCUT2D eigenvalue weighted by Crippen LogP contribution is -2.51. The van der Waals surface area contributed by atoms with Crippen LogP contribution in [0.5, 0.6) is 0 Å². The molecule has 1 N–H and O–H groups in total. The molecule has 0 spiro atoms. The number of anilines is 1. The van der Waals surface area contributed by atoms with Gasteiger partial charge in [0.15, 0.2) is 0 Å². The van der Waals surface area contributed by atoms with E-state index in [4.69, 9.17) is 0 Å². The highest BCUT2D eigenvalue weighted by Crippen LogP contribution is 2.26. The fraction of sp³-hybridized carbons (Fsp3) is 0.286. The van der Waals surface area contributed by atoms with E-state index >= 15 is 0 Å². The zero-order valence-corrected chi connectivity index (χ0v) is 22.3. The molecule has 9 heteroatoms. The lowest BCUT2D eigenvalue weighted by molar-refractivity contribution is -0.140. The maximum Gasteiger partial charge on any atom is 0.264 e. The number of nitrogens with one attached hydrogen (secondary N) is 1. The topological polar surface area (TPSA) is 86.8 Å². The number of carbonyl (C=O) groups excluding carboxylic acids is 2. The van der Waals surface area contributed by atoms with Gasteiger partial charge in [-0.1, -0.05) is 43.3 Å². The fourth-order valence-electron chi connectivity index (χ4n) is 4.00. The number of aryl methyl sites for hydroxylation is 2. The van der Waals surface area contributed by atoms with Crippen LogP contribution in [-0.4, -0.2) is 44.8 Å². The summed E-state index contributed by atoms with van der Waals surface area (Å²) in [6, 6.07) is 17.9. The van der Waals surface area contributed by atoms with Crippen LogP contribution >= 0.6 is 0 Å². The largest absolute Gasteiger partial charge is 0.357 e. The van der Waals surface area contributed by atoms with Gasteiger partial charge in [0.25, 0.3) is 10.0 Å². The average Bonchev–Trinajstić information content (AvgIpc) is 2.90. The van der Waals surface area contributed by atoms with Crippen molar-refractivity contribution in [2.75, 3.05) is 17.9 Å². The predicted octanol–water partition coefficient (Wildman–Crippen LogP) is 4.19. The highest BCUT2D eigenvalue weighted by atomic mass is 32.2. The van der Waals surface area contributed by atoms with Crippen molar-refractivity contribution < 1.29 is 22.4 Å². The van der Waals surface area contributed by atoms with Crippen LogP contribution in [0.3, 0.4) is 0 Å². The number of hydrogen-bond acceptors (Lipinski definition) is 4. The van der Waals surface area contributed by atoms with Crippen LogP contribution in [0.25, 0.3) is 0 Å². The number of benzene rings is 3. The van der Waals surface area contributed by atoms with Crippen molar-refractivity contribution in [3.8, 4) is 0 Å². The van der Waals surface area contributed by atoms with Crippen LogP contribution in [0.4, 0.5) is 10.1 Å². The Kier molecular flexibility index (Phi) is 9.04. The van der Waals surface area contributed by atoms with Crippen LogP contribution in [0, 0.1) is 19.7 Å². The third-order valence-electron chi connectivity index (χ3n) is 6.29. The molecule has 0 heterocycles. The summed E-state index contributed by atoms with van der Waals surface area (Å²) in [5.41, 5.74) is 2.81. The molecule has 0 aromatic heterocycles. The third kappa shape index (κ3) is 6.54. The minimum atomic E-state index is -4.11. The van der Waals surface area contributed by atoms with Gasteiger partial charge in [-0.25, -0.2) is 12.8 Å². The van der Waals surface area contributed by atoms with Crippen LogP contribution in [0.15, 0.2) is 77.7 Å². The predicted molar refractivity (Wildman–Crippen MR) is 142 cm³/mol. The number of likely N-dealkylation sites (N-methyl/N-ethyl adjacent to an activating group) is 1. The summed E-state index contributed by atoms with van der Waals surface area (Å²) in [7, 11) is -2.63. The molecule has 0 aliphatic carbocycles. The van der Waals surface area contributed by atoms with Crippen LogP contribution < -0.4 is 9.62 Å². The molecule has 196 valence electrons. The molecule has 2 amide bonds. The molecule has 0 saturated heterocycles. The number of nitrogens with zero attached hydrogens (tertiary/aromatic N) is 2. The van der Waals surface area contributed by atoms with E-state index < -0.39 is 34.3 Å². The molecule has 3 aromatic carbocycles. The van der Waals surface area contributed by atoms with E-state index in [1.165, 1.54) is 48.3 Å². The third-order valence-corrected chi connectivity index (χ3v) is 8.08. The van der Waals surface area contributed by atoms with Gasteiger partial charge < -0.3 is 10.2 Å². The molecule has 1 unspecified atom stereocenters. The minimum absolute atomic E-state index is 0.0111. The minimum Gasteiger partial charge on any atom is -0.357 e. The number of halogens is 1. The zero-order chi connectivity index (χ0) is 27.2. The Morgan fingerprint density at radius 3 is 2.16 bits per heavy atom. The molecule has 7 nitrogen and oxygen atoms in total. The van der Waals surface area contributed by atoms with Crippen molar-refractivity contribution in [2.24, 2.45) is 0 Å². The first-order valence-corrected chi connectivity index (χ1v) is 13.4. The van der Waals surface area contributed by atoms with E-state index in [9.17, 15) is 22.4 Å². The summed E-state index contributed by atoms with van der Waals surface area (Å²) in [6.07, 6.45) is 0.307. The van der Waals surface area contributed by atoms with Crippen molar-refractivity contribution in [1.82, 2.24) is 10.2 Å². The fourth-order valence-corrected chi connectivity index (χ4v) is 5.43. The van der Waals surface area contributed by atoms with E-state index in [0.29, 0.717) is 17.7 Å². The molecular formula is C28H32FN3O4S. The smallest absolute Gasteiger partial charge is 0.264 e. The molecule has 0 fully saturated rings.